The van der Waals surface area contributed by atoms with Crippen LogP contribution in [0.1, 0.15) is 43.3 Å². The molecule has 2 saturated heterocycles. The molecule has 0 spiro atoms. The minimum atomic E-state index is -0.458. The van der Waals surface area contributed by atoms with Crippen LogP contribution in [0.5, 0.6) is 0 Å². The molecule has 0 unspecified atom stereocenters. The summed E-state index contributed by atoms with van der Waals surface area (Å²) in [4.78, 5) is 33.4. The summed E-state index contributed by atoms with van der Waals surface area (Å²) in [7, 11) is 0. The van der Waals surface area contributed by atoms with Gasteiger partial charge < -0.3 is 10.2 Å². The van der Waals surface area contributed by atoms with Gasteiger partial charge in [0.25, 0.3) is 0 Å². The van der Waals surface area contributed by atoms with E-state index in [2.05, 4.69) is 40.5 Å². The summed E-state index contributed by atoms with van der Waals surface area (Å²) in [6, 6.07) is 16.8. The van der Waals surface area contributed by atoms with Crippen molar-refractivity contribution in [1.29, 1.82) is 0 Å². The Morgan fingerprint density at radius 1 is 1.10 bits per heavy atom. The van der Waals surface area contributed by atoms with Crippen LogP contribution < -0.4 is 5.32 Å². The molecule has 30 heavy (non-hydrogen) atoms. The number of aryl methyl sites for hydroxylation is 1. The lowest BCUT2D eigenvalue weighted by molar-refractivity contribution is -0.134. The van der Waals surface area contributed by atoms with Gasteiger partial charge >= 0.3 is 0 Å². The molecule has 158 valence electrons. The van der Waals surface area contributed by atoms with Gasteiger partial charge in [0.2, 0.25) is 11.8 Å². The predicted molar refractivity (Wildman–Crippen MR) is 115 cm³/mol. The fraction of sp³-hybridized carbons (Fsp3) is 0.458. The van der Waals surface area contributed by atoms with Crippen LogP contribution in [0.4, 0.5) is 0 Å². The van der Waals surface area contributed by atoms with Gasteiger partial charge in [-0.3, -0.25) is 19.5 Å². The van der Waals surface area contributed by atoms with Crippen molar-refractivity contribution in [3.8, 4) is 0 Å². The summed E-state index contributed by atoms with van der Waals surface area (Å²) < 4.78 is 0. The molecule has 0 bridgehead atoms. The van der Waals surface area contributed by atoms with Gasteiger partial charge in [0.1, 0.15) is 0 Å². The minimum Gasteiger partial charge on any atom is -0.347 e. The molecule has 6 heteroatoms. The van der Waals surface area contributed by atoms with Gasteiger partial charge in [-0.05, 0) is 31.0 Å². The number of nitrogens with one attached hydrogen (secondary N) is 1. The van der Waals surface area contributed by atoms with Crippen molar-refractivity contribution in [2.75, 3.05) is 19.6 Å². The number of carbonyl (C=O) groups is 2. The van der Waals surface area contributed by atoms with Crippen molar-refractivity contribution in [1.82, 2.24) is 20.1 Å². The molecule has 3 atom stereocenters. The van der Waals surface area contributed by atoms with Crippen molar-refractivity contribution < 1.29 is 9.59 Å². The quantitative estimate of drug-likeness (QED) is 0.848. The Balaban J connectivity index is 1.74. The maximum absolute atomic E-state index is 12.2. The van der Waals surface area contributed by atoms with Crippen LogP contribution in [-0.2, 0) is 16.1 Å². The number of fused-ring (bicyclic) bond motifs is 1. The molecule has 2 aliphatic heterocycles. The van der Waals surface area contributed by atoms with E-state index in [4.69, 9.17) is 4.98 Å². The highest BCUT2D eigenvalue weighted by Crippen LogP contribution is 2.48. The lowest BCUT2D eigenvalue weighted by Crippen LogP contribution is -2.64. The van der Waals surface area contributed by atoms with Crippen molar-refractivity contribution in [3.63, 3.8) is 0 Å². The van der Waals surface area contributed by atoms with Crippen LogP contribution in [0.3, 0.4) is 0 Å². The second-order valence-corrected chi connectivity index (χ2v) is 8.70. The lowest BCUT2D eigenvalue weighted by atomic mass is 9.75. The highest BCUT2D eigenvalue weighted by Gasteiger charge is 2.56. The fourth-order valence-electron chi connectivity index (χ4n) is 5.39. The van der Waals surface area contributed by atoms with E-state index in [1.54, 1.807) is 13.8 Å². The number of amides is 2. The smallest absolute Gasteiger partial charge is 0.219 e. The Kier molecular flexibility index (Phi) is 5.60. The first-order chi connectivity index (χ1) is 14.4. The SMILES string of the molecule is CC(=O)N[C@@]12CN(C(C)=O)CC[C@@H]1[C@@H](c1ccccc1)N(Cc1cccc(C)n1)C2. The Hall–Kier alpha value is -2.73. The minimum absolute atomic E-state index is 0.0484. The zero-order valence-corrected chi connectivity index (χ0v) is 18.0. The van der Waals surface area contributed by atoms with Crippen molar-refractivity contribution in [2.24, 2.45) is 5.92 Å². The first-order valence-electron chi connectivity index (χ1n) is 10.6. The Bertz CT molecular complexity index is 932. The van der Waals surface area contributed by atoms with Gasteiger partial charge in [-0.15, -0.1) is 0 Å². The van der Waals surface area contributed by atoms with Crippen LogP contribution in [0.15, 0.2) is 48.5 Å². The van der Waals surface area contributed by atoms with Gasteiger partial charge in [-0.2, -0.15) is 0 Å². The first kappa shape index (κ1) is 20.5. The molecule has 0 aliphatic carbocycles. The van der Waals surface area contributed by atoms with E-state index in [1.165, 1.54) is 5.56 Å². The second kappa shape index (κ2) is 8.19. The predicted octanol–water partition coefficient (Wildman–Crippen LogP) is 2.69. The topological polar surface area (TPSA) is 65.5 Å². The number of carbonyl (C=O) groups excluding carboxylic acids is 2. The third kappa shape index (κ3) is 3.97. The van der Waals surface area contributed by atoms with Crippen LogP contribution in [0.2, 0.25) is 0 Å². The molecule has 1 aromatic carbocycles. The molecule has 1 aromatic heterocycles. The molecular weight excluding hydrogens is 376 g/mol. The van der Waals surface area contributed by atoms with Crippen LogP contribution in [0.25, 0.3) is 0 Å². The summed E-state index contributed by atoms with van der Waals surface area (Å²) in [5.74, 6) is 0.241. The molecular formula is C24H30N4O2. The number of nitrogens with zero attached hydrogens (tertiary/aromatic N) is 3. The highest BCUT2D eigenvalue weighted by atomic mass is 16.2. The lowest BCUT2D eigenvalue weighted by Gasteiger charge is -2.45. The molecule has 3 heterocycles. The Morgan fingerprint density at radius 3 is 2.53 bits per heavy atom. The summed E-state index contributed by atoms with van der Waals surface area (Å²) in [6.45, 7) is 7.86. The molecule has 1 N–H and O–H groups in total. The number of benzene rings is 1. The van der Waals surface area contributed by atoms with Crippen LogP contribution in [-0.4, -0.2) is 51.8 Å². The van der Waals surface area contributed by atoms with Crippen LogP contribution >= 0.6 is 0 Å². The number of rotatable bonds is 4. The van der Waals surface area contributed by atoms with Gasteiger partial charge in [-0.1, -0.05) is 36.4 Å². The van der Waals surface area contributed by atoms with E-state index >= 15 is 0 Å². The monoisotopic (exact) mass is 406 g/mol. The molecule has 6 nitrogen and oxygen atoms in total. The normalized spacial score (nSPS) is 26.3. The van der Waals surface area contributed by atoms with E-state index in [0.717, 1.165) is 24.4 Å². The van der Waals surface area contributed by atoms with Crippen molar-refractivity contribution in [3.05, 3.63) is 65.5 Å². The number of pyridine rings is 1. The van der Waals surface area contributed by atoms with Gasteiger partial charge in [0.05, 0.1) is 11.2 Å². The third-order valence-corrected chi connectivity index (χ3v) is 6.48. The summed E-state index contributed by atoms with van der Waals surface area (Å²) in [5, 5.41) is 3.27. The van der Waals surface area contributed by atoms with E-state index in [1.807, 2.05) is 30.0 Å². The van der Waals surface area contributed by atoms with E-state index in [0.29, 0.717) is 19.6 Å². The zero-order chi connectivity index (χ0) is 21.3. The first-order valence-corrected chi connectivity index (χ1v) is 10.6. The molecule has 4 rings (SSSR count). The largest absolute Gasteiger partial charge is 0.347 e. The maximum atomic E-state index is 12.2. The molecule has 2 aromatic rings. The molecule has 0 radical (unpaired) electrons. The summed E-state index contributed by atoms with van der Waals surface area (Å²) in [5.41, 5.74) is 2.81. The van der Waals surface area contributed by atoms with E-state index < -0.39 is 5.54 Å². The third-order valence-electron chi connectivity index (χ3n) is 6.48. The van der Waals surface area contributed by atoms with Crippen LogP contribution in [0, 0.1) is 12.8 Å². The molecule has 2 amide bonds. The summed E-state index contributed by atoms with van der Waals surface area (Å²) in [6.07, 6.45) is 0.858. The Morgan fingerprint density at radius 2 is 1.87 bits per heavy atom. The second-order valence-electron chi connectivity index (χ2n) is 8.70. The standard InChI is InChI=1S/C24H30N4O2/c1-17-8-7-11-21(25-17)14-28-16-24(26-18(2)29)15-27(19(3)30)13-12-22(24)23(28)20-9-5-4-6-10-20/h4-11,22-23H,12-16H2,1-3H3,(H,26,29)/t22-,23-,24-/m1/s1. The number of likely N-dealkylation sites (tertiary alicyclic amines) is 2. The van der Waals surface area contributed by atoms with E-state index in [-0.39, 0.29) is 23.8 Å². The fourth-order valence-corrected chi connectivity index (χ4v) is 5.39. The molecule has 2 fully saturated rings. The van der Waals surface area contributed by atoms with Crippen molar-refractivity contribution in [2.45, 2.75) is 45.3 Å². The number of piperidine rings is 1. The maximum Gasteiger partial charge on any atom is 0.219 e. The van der Waals surface area contributed by atoms with Crippen molar-refractivity contribution >= 4 is 11.8 Å². The number of hydrogen-bond donors (Lipinski definition) is 1. The highest BCUT2D eigenvalue weighted by molar-refractivity contribution is 5.76. The van der Waals surface area contributed by atoms with E-state index in [9.17, 15) is 9.59 Å². The number of aromatic nitrogens is 1. The van der Waals surface area contributed by atoms with Gasteiger partial charge in [-0.25, -0.2) is 0 Å². The Labute approximate surface area is 178 Å². The van der Waals surface area contributed by atoms with Gasteiger partial charge in [0.15, 0.2) is 0 Å². The number of hydrogen-bond acceptors (Lipinski definition) is 4. The molecule has 0 saturated carbocycles. The average molecular weight is 407 g/mol. The molecule has 2 aliphatic rings. The van der Waals surface area contributed by atoms with Gasteiger partial charge in [0, 0.05) is 57.7 Å². The average Bonchev–Trinajstić information content (AvgIpc) is 3.00. The zero-order valence-electron chi connectivity index (χ0n) is 18.0. The summed E-state index contributed by atoms with van der Waals surface area (Å²) >= 11 is 0.